The second kappa shape index (κ2) is 7.57. The molecular formula is C17H15N3O6. The fourth-order valence-electron chi connectivity index (χ4n) is 2.97. The van der Waals surface area contributed by atoms with Crippen LogP contribution in [-0.4, -0.2) is 36.8 Å². The van der Waals surface area contributed by atoms with Gasteiger partial charge in [-0.3, -0.25) is 14.9 Å². The van der Waals surface area contributed by atoms with Gasteiger partial charge in [-0.25, -0.2) is 9.79 Å². The number of nitro groups is 1. The van der Waals surface area contributed by atoms with Crippen LogP contribution in [0.15, 0.2) is 40.5 Å². The summed E-state index contributed by atoms with van der Waals surface area (Å²) >= 11 is 0. The number of nitriles is 1. The first-order valence-electron chi connectivity index (χ1n) is 7.46. The molecule has 1 aromatic rings. The number of esters is 2. The number of ether oxygens (including phenoxy) is 2. The number of carbonyl (C=O) groups is 2. The Balaban J connectivity index is 2.85. The summed E-state index contributed by atoms with van der Waals surface area (Å²) in [6.45, 7) is 1.49. The van der Waals surface area contributed by atoms with E-state index < -0.39 is 28.7 Å². The van der Waals surface area contributed by atoms with Crippen LogP contribution in [0, 0.1) is 27.4 Å². The second-order valence-corrected chi connectivity index (χ2v) is 5.41. The van der Waals surface area contributed by atoms with Gasteiger partial charge in [0.2, 0.25) is 0 Å². The Labute approximate surface area is 148 Å². The number of rotatable bonds is 4. The molecule has 2 atom stereocenters. The summed E-state index contributed by atoms with van der Waals surface area (Å²) in [5.74, 6) is -3.86. The van der Waals surface area contributed by atoms with Gasteiger partial charge in [0.1, 0.15) is 12.0 Å². The second-order valence-electron chi connectivity index (χ2n) is 5.41. The zero-order valence-electron chi connectivity index (χ0n) is 14.3. The van der Waals surface area contributed by atoms with Gasteiger partial charge in [0.25, 0.3) is 5.69 Å². The quantitative estimate of drug-likeness (QED) is 0.456. The third-order valence-corrected chi connectivity index (χ3v) is 4.07. The minimum absolute atomic E-state index is 0.0929. The van der Waals surface area contributed by atoms with Crippen LogP contribution in [0.3, 0.4) is 0 Å². The SMILES string of the molecule is COC(=O)C1=C(C#N)N=C(C)C(C(=O)OC)C1c1ccccc1[N+](=O)[O-]. The van der Waals surface area contributed by atoms with Crippen LogP contribution in [0.2, 0.25) is 0 Å². The van der Waals surface area contributed by atoms with E-state index in [1.165, 1.54) is 25.1 Å². The number of para-hydroxylation sites is 1. The first kappa shape index (κ1) is 18.8. The van der Waals surface area contributed by atoms with Gasteiger partial charge in [-0.05, 0) is 6.92 Å². The van der Waals surface area contributed by atoms with Crippen molar-refractivity contribution in [3.63, 3.8) is 0 Å². The van der Waals surface area contributed by atoms with Crippen molar-refractivity contribution in [1.82, 2.24) is 0 Å². The zero-order chi connectivity index (χ0) is 19.4. The van der Waals surface area contributed by atoms with Gasteiger partial charge in [-0.2, -0.15) is 5.26 Å². The lowest BCUT2D eigenvalue weighted by atomic mass is 9.75. The normalized spacial score (nSPS) is 19.2. The van der Waals surface area contributed by atoms with Gasteiger partial charge < -0.3 is 9.47 Å². The summed E-state index contributed by atoms with van der Waals surface area (Å²) in [6, 6.07) is 7.48. The highest BCUT2D eigenvalue weighted by Crippen LogP contribution is 2.43. The predicted molar refractivity (Wildman–Crippen MR) is 89.1 cm³/mol. The van der Waals surface area contributed by atoms with Gasteiger partial charge in [-0.1, -0.05) is 18.2 Å². The highest BCUT2D eigenvalue weighted by molar-refractivity contribution is 6.07. The van der Waals surface area contributed by atoms with Crippen LogP contribution in [-0.2, 0) is 19.1 Å². The molecule has 1 aromatic carbocycles. The van der Waals surface area contributed by atoms with Crippen LogP contribution in [0.5, 0.6) is 0 Å². The molecule has 0 radical (unpaired) electrons. The van der Waals surface area contributed by atoms with E-state index in [-0.39, 0.29) is 28.2 Å². The third-order valence-electron chi connectivity index (χ3n) is 4.07. The summed E-state index contributed by atoms with van der Waals surface area (Å²) in [5.41, 5.74) is -0.456. The lowest BCUT2D eigenvalue weighted by Gasteiger charge is -2.29. The molecule has 0 aromatic heterocycles. The molecule has 9 nitrogen and oxygen atoms in total. The average Bonchev–Trinajstić information content (AvgIpc) is 2.65. The van der Waals surface area contributed by atoms with Crippen molar-refractivity contribution in [3.8, 4) is 6.07 Å². The predicted octanol–water partition coefficient (Wildman–Crippen LogP) is 1.89. The zero-order valence-corrected chi connectivity index (χ0v) is 14.3. The summed E-state index contributed by atoms with van der Waals surface area (Å²) in [6.07, 6.45) is 0. The summed E-state index contributed by atoms with van der Waals surface area (Å²) in [4.78, 5) is 39.6. The maximum Gasteiger partial charge on any atom is 0.337 e. The van der Waals surface area contributed by atoms with Crippen molar-refractivity contribution in [2.75, 3.05) is 14.2 Å². The number of aliphatic imine (C=N–C) groups is 1. The topological polar surface area (TPSA) is 132 Å². The van der Waals surface area contributed by atoms with Gasteiger partial charge in [0.05, 0.1) is 24.7 Å². The number of nitro benzene ring substituents is 1. The fourth-order valence-corrected chi connectivity index (χ4v) is 2.97. The Kier molecular flexibility index (Phi) is 5.47. The molecule has 2 unspecified atom stereocenters. The lowest BCUT2D eigenvalue weighted by Crippen LogP contribution is -2.36. The number of carbonyl (C=O) groups excluding carboxylic acids is 2. The largest absolute Gasteiger partial charge is 0.468 e. The van der Waals surface area contributed by atoms with Crippen molar-refractivity contribution >= 4 is 23.3 Å². The van der Waals surface area contributed by atoms with E-state index in [1.54, 1.807) is 12.1 Å². The number of nitrogens with zero attached hydrogens (tertiary/aromatic N) is 3. The van der Waals surface area contributed by atoms with Gasteiger partial charge in [0.15, 0.2) is 5.70 Å². The molecule has 0 spiro atoms. The van der Waals surface area contributed by atoms with E-state index in [0.717, 1.165) is 14.2 Å². The monoisotopic (exact) mass is 357 g/mol. The molecule has 0 aliphatic carbocycles. The number of allylic oxidation sites excluding steroid dienone is 1. The fraction of sp³-hybridized carbons (Fsp3) is 0.294. The Hall–Kier alpha value is -3.54. The third kappa shape index (κ3) is 3.17. The Morgan fingerprint density at radius 3 is 2.46 bits per heavy atom. The Morgan fingerprint density at radius 1 is 1.27 bits per heavy atom. The van der Waals surface area contributed by atoms with Crippen LogP contribution >= 0.6 is 0 Å². The van der Waals surface area contributed by atoms with Crippen molar-refractivity contribution < 1.29 is 24.0 Å². The molecular weight excluding hydrogens is 342 g/mol. The first-order chi connectivity index (χ1) is 12.4. The molecule has 9 heteroatoms. The molecule has 0 saturated heterocycles. The summed E-state index contributed by atoms with van der Waals surface area (Å²) < 4.78 is 9.53. The molecule has 0 fully saturated rings. The van der Waals surface area contributed by atoms with E-state index in [2.05, 4.69) is 4.99 Å². The molecule has 1 heterocycles. The number of hydrogen-bond acceptors (Lipinski definition) is 8. The van der Waals surface area contributed by atoms with Crippen molar-refractivity contribution in [2.24, 2.45) is 10.9 Å². The molecule has 0 amide bonds. The van der Waals surface area contributed by atoms with Crippen molar-refractivity contribution in [1.29, 1.82) is 5.26 Å². The van der Waals surface area contributed by atoms with E-state index in [1.807, 2.05) is 0 Å². The van der Waals surface area contributed by atoms with Gasteiger partial charge in [-0.15, -0.1) is 0 Å². The standard InChI is InChI=1S/C17H15N3O6/c1-9-13(16(21)25-2)14(10-6-4-5-7-12(10)20(23)24)15(17(22)26-3)11(8-18)19-9/h4-7,13-14H,1-3H3. The Bertz CT molecular complexity index is 881. The highest BCUT2D eigenvalue weighted by Gasteiger charge is 2.45. The van der Waals surface area contributed by atoms with Gasteiger partial charge >= 0.3 is 11.9 Å². The lowest BCUT2D eigenvalue weighted by molar-refractivity contribution is -0.385. The van der Waals surface area contributed by atoms with E-state index >= 15 is 0 Å². The maximum absolute atomic E-state index is 12.4. The molecule has 134 valence electrons. The number of hydrogen-bond donors (Lipinski definition) is 0. The van der Waals surface area contributed by atoms with E-state index in [4.69, 9.17) is 9.47 Å². The summed E-state index contributed by atoms with van der Waals surface area (Å²) in [5, 5.41) is 20.8. The first-order valence-corrected chi connectivity index (χ1v) is 7.46. The molecule has 2 rings (SSSR count). The highest BCUT2D eigenvalue weighted by atomic mass is 16.6. The smallest absolute Gasteiger partial charge is 0.337 e. The molecule has 0 saturated carbocycles. The van der Waals surface area contributed by atoms with Crippen LogP contribution in [0.4, 0.5) is 5.69 Å². The minimum atomic E-state index is -1.14. The van der Waals surface area contributed by atoms with Crippen LogP contribution < -0.4 is 0 Å². The number of benzene rings is 1. The van der Waals surface area contributed by atoms with Crippen LogP contribution in [0.25, 0.3) is 0 Å². The average molecular weight is 357 g/mol. The maximum atomic E-state index is 12.4. The van der Waals surface area contributed by atoms with E-state index in [0.29, 0.717) is 0 Å². The van der Waals surface area contributed by atoms with Crippen molar-refractivity contribution in [3.05, 3.63) is 51.2 Å². The van der Waals surface area contributed by atoms with Crippen molar-refractivity contribution in [2.45, 2.75) is 12.8 Å². The van der Waals surface area contributed by atoms with E-state index in [9.17, 15) is 25.0 Å². The Morgan fingerprint density at radius 2 is 1.92 bits per heavy atom. The molecule has 26 heavy (non-hydrogen) atoms. The summed E-state index contributed by atoms with van der Waals surface area (Å²) in [7, 11) is 2.27. The number of methoxy groups -OCH3 is 2. The molecule has 1 aliphatic rings. The minimum Gasteiger partial charge on any atom is -0.468 e. The molecule has 0 N–H and O–H groups in total. The molecule has 0 bridgehead atoms. The molecule has 1 aliphatic heterocycles. The van der Waals surface area contributed by atoms with Gasteiger partial charge in [0, 0.05) is 23.3 Å². The van der Waals surface area contributed by atoms with Crippen LogP contribution in [0.1, 0.15) is 18.4 Å².